The molecule has 0 aromatic heterocycles. The third-order valence-electron chi connectivity index (χ3n) is 4.83. The van der Waals surface area contributed by atoms with Crippen molar-refractivity contribution in [3.63, 3.8) is 0 Å². The standard InChI is InChI=1S/C23H22BrN3O6S/c1-15-4-7-17(8-5-15)14-33-23-20(24)10-18(11-22(23)32-3)13-25-26-34(30,31)19-9-6-16(2)21(12-19)27(28)29/h4-13,26H,14H2,1-3H3/b25-13-. The van der Waals surface area contributed by atoms with Crippen LogP contribution in [0.2, 0.25) is 0 Å². The Hall–Kier alpha value is -3.44. The van der Waals surface area contributed by atoms with Crippen molar-refractivity contribution in [1.29, 1.82) is 0 Å². The summed E-state index contributed by atoms with van der Waals surface area (Å²) < 4.78 is 36.9. The highest BCUT2D eigenvalue weighted by molar-refractivity contribution is 9.10. The summed E-state index contributed by atoms with van der Waals surface area (Å²) in [5.41, 5.74) is 2.75. The van der Waals surface area contributed by atoms with E-state index in [4.69, 9.17) is 9.47 Å². The molecule has 1 N–H and O–H groups in total. The van der Waals surface area contributed by atoms with Crippen molar-refractivity contribution in [2.45, 2.75) is 25.3 Å². The molecule has 3 aromatic carbocycles. The number of nitrogens with one attached hydrogen (secondary N) is 1. The van der Waals surface area contributed by atoms with Crippen molar-refractivity contribution in [3.05, 3.63) is 91.4 Å². The lowest BCUT2D eigenvalue weighted by molar-refractivity contribution is -0.385. The Morgan fingerprint density at radius 3 is 2.47 bits per heavy atom. The Labute approximate surface area is 205 Å². The van der Waals surface area contributed by atoms with Crippen LogP contribution in [0.4, 0.5) is 5.69 Å². The number of nitro benzene ring substituents is 1. The van der Waals surface area contributed by atoms with Gasteiger partial charge in [0, 0.05) is 11.6 Å². The summed E-state index contributed by atoms with van der Waals surface area (Å²) >= 11 is 3.45. The molecule has 0 saturated heterocycles. The number of hydrogen-bond donors (Lipinski definition) is 1. The van der Waals surface area contributed by atoms with E-state index in [2.05, 4.69) is 25.9 Å². The molecule has 0 spiro atoms. The Morgan fingerprint density at radius 1 is 1.12 bits per heavy atom. The number of hydrogen-bond acceptors (Lipinski definition) is 7. The van der Waals surface area contributed by atoms with Gasteiger partial charge in [-0.25, -0.2) is 4.83 Å². The Kier molecular flexibility index (Phi) is 7.90. The molecule has 178 valence electrons. The van der Waals surface area contributed by atoms with Crippen LogP contribution < -0.4 is 14.3 Å². The fourth-order valence-corrected chi connectivity index (χ4v) is 4.36. The van der Waals surface area contributed by atoms with E-state index >= 15 is 0 Å². The summed E-state index contributed by atoms with van der Waals surface area (Å²) in [6.45, 7) is 3.87. The number of nitro groups is 1. The van der Waals surface area contributed by atoms with Crippen LogP contribution in [0.15, 0.2) is 69.1 Å². The Balaban J connectivity index is 1.75. The molecule has 0 heterocycles. The molecule has 0 aliphatic heterocycles. The number of nitrogens with zero attached hydrogens (tertiary/aromatic N) is 2. The minimum atomic E-state index is -4.10. The minimum absolute atomic E-state index is 0.263. The van der Waals surface area contributed by atoms with Gasteiger partial charge in [-0.1, -0.05) is 35.9 Å². The van der Waals surface area contributed by atoms with Crippen LogP contribution in [-0.2, 0) is 16.6 Å². The van der Waals surface area contributed by atoms with E-state index in [-0.39, 0.29) is 10.6 Å². The van der Waals surface area contributed by atoms with Gasteiger partial charge >= 0.3 is 0 Å². The molecule has 9 nitrogen and oxygen atoms in total. The average molecular weight is 548 g/mol. The summed E-state index contributed by atoms with van der Waals surface area (Å²) in [5, 5.41) is 14.9. The number of aryl methyl sites for hydroxylation is 2. The van der Waals surface area contributed by atoms with Crippen LogP contribution in [-0.4, -0.2) is 26.7 Å². The Morgan fingerprint density at radius 2 is 1.82 bits per heavy atom. The molecule has 0 fully saturated rings. The fourth-order valence-electron chi connectivity index (χ4n) is 2.97. The number of hydrazone groups is 1. The number of sulfonamides is 1. The second-order valence-corrected chi connectivity index (χ2v) is 9.88. The lowest BCUT2D eigenvalue weighted by Gasteiger charge is -2.13. The van der Waals surface area contributed by atoms with Gasteiger partial charge in [-0.3, -0.25) is 10.1 Å². The quantitative estimate of drug-likeness (QED) is 0.231. The fraction of sp³-hybridized carbons (Fsp3) is 0.174. The van der Waals surface area contributed by atoms with Crippen molar-refractivity contribution < 1.29 is 22.8 Å². The van der Waals surface area contributed by atoms with Gasteiger partial charge in [0.05, 0.1) is 27.6 Å². The van der Waals surface area contributed by atoms with Crippen LogP contribution in [0.5, 0.6) is 11.5 Å². The SMILES string of the molecule is COc1cc(/C=N\NS(=O)(=O)c2ccc(C)c([N+](=O)[O-])c2)cc(Br)c1OCc1ccc(C)cc1. The van der Waals surface area contributed by atoms with E-state index in [1.165, 1.54) is 32.4 Å². The molecule has 0 saturated carbocycles. The maximum absolute atomic E-state index is 12.5. The minimum Gasteiger partial charge on any atom is -0.493 e. The molecule has 0 aliphatic rings. The van der Waals surface area contributed by atoms with E-state index in [1.807, 2.05) is 31.2 Å². The molecule has 0 aliphatic carbocycles. The van der Waals surface area contributed by atoms with Gasteiger partial charge in [-0.15, -0.1) is 0 Å². The molecule has 0 atom stereocenters. The second-order valence-electron chi connectivity index (χ2n) is 7.37. The highest BCUT2D eigenvalue weighted by Crippen LogP contribution is 2.37. The normalized spacial score (nSPS) is 11.4. The van der Waals surface area contributed by atoms with Gasteiger partial charge < -0.3 is 9.47 Å². The zero-order valence-corrected chi connectivity index (χ0v) is 21.0. The first-order valence-corrected chi connectivity index (χ1v) is 12.2. The molecule has 0 radical (unpaired) electrons. The number of rotatable bonds is 9. The van der Waals surface area contributed by atoms with Gasteiger partial charge in [0.15, 0.2) is 11.5 Å². The van der Waals surface area contributed by atoms with Gasteiger partial charge in [-0.05, 0) is 59.1 Å². The molecule has 34 heavy (non-hydrogen) atoms. The monoisotopic (exact) mass is 547 g/mol. The van der Waals surface area contributed by atoms with Crippen LogP contribution in [0.1, 0.15) is 22.3 Å². The third kappa shape index (κ3) is 6.12. The predicted octanol–water partition coefficient (Wildman–Crippen LogP) is 4.87. The smallest absolute Gasteiger partial charge is 0.276 e. The van der Waals surface area contributed by atoms with Gasteiger partial charge in [0.25, 0.3) is 15.7 Å². The van der Waals surface area contributed by atoms with Crippen LogP contribution in [0.25, 0.3) is 0 Å². The molecule has 0 bridgehead atoms. The lowest BCUT2D eigenvalue weighted by Crippen LogP contribution is -2.18. The van der Waals surface area contributed by atoms with Crippen LogP contribution in [0, 0.1) is 24.0 Å². The zero-order chi connectivity index (χ0) is 24.9. The first-order chi connectivity index (χ1) is 16.1. The highest BCUT2D eigenvalue weighted by Gasteiger charge is 2.19. The summed E-state index contributed by atoms with van der Waals surface area (Å²) in [5.74, 6) is 0.924. The summed E-state index contributed by atoms with van der Waals surface area (Å²) in [6.07, 6.45) is 1.29. The lowest BCUT2D eigenvalue weighted by atomic mass is 10.2. The van der Waals surface area contributed by atoms with Crippen molar-refractivity contribution in [1.82, 2.24) is 4.83 Å². The number of methoxy groups -OCH3 is 1. The molecule has 3 aromatic rings. The van der Waals surface area contributed by atoms with E-state index in [0.29, 0.717) is 33.7 Å². The first kappa shape index (κ1) is 25.2. The Bertz CT molecular complexity index is 1340. The number of benzene rings is 3. The number of halogens is 1. The largest absolute Gasteiger partial charge is 0.493 e. The van der Waals surface area contributed by atoms with Crippen molar-refractivity contribution >= 4 is 37.9 Å². The van der Waals surface area contributed by atoms with Crippen LogP contribution in [0.3, 0.4) is 0 Å². The summed E-state index contributed by atoms with van der Waals surface area (Å²) in [6, 6.07) is 14.9. The average Bonchev–Trinajstić information content (AvgIpc) is 2.79. The third-order valence-corrected chi connectivity index (χ3v) is 6.64. The first-order valence-electron chi connectivity index (χ1n) is 9.96. The molecular formula is C23H22BrN3O6S. The van der Waals surface area contributed by atoms with Crippen molar-refractivity contribution in [2.75, 3.05) is 7.11 Å². The maximum atomic E-state index is 12.5. The number of ether oxygens (including phenoxy) is 2. The summed E-state index contributed by atoms with van der Waals surface area (Å²) in [4.78, 5) is 12.3. The molecular weight excluding hydrogens is 526 g/mol. The van der Waals surface area contributed by atoms with Gasteiger partial charge in [0.1, 0.15) is 6.61 Å². The maximum Gasteiger partial charge on any atom is 0.276 e. The van der Waals surface area contributed by atoms with Gasteiger partial charge in [0.2, 0.25) is 0 Å². The van der Waals surface area contributed by atoms with E-state index < -0.39 is 14.9 Å². The molecule has 3 rings (SSSR count). The predicted molar refractivity (Wildman–Crippen MR) is 132 cm³/mol. The van der Waals surface area contributed by atoms with Crippen molar-refractivity contribution in [2.24, 2.45) is 5.10 Å². The van der Waals surface area contributed by atoms with Crippen LogP contribution >= 0.6 is 15.9 Å². The summed E-state index contributed by atoms with van der Waals surface area (Å²) in [7, 11) is -2.61. The van der Waals surface area contributed by atoms with E-state index in [9.17, 15) is 18.5 Å². The molecule has 0 unspecified atom stereocenters. The van der Waals surface area contributed by atoms with E-state index in [0.717, 1.165) is 17.2 Å². The zero-order valence-electron chi connectivity index (χ0n) is 18.6. The van der Waals surface area contributed by atoms with Gasteiger partial charge in [-0.2, -0.15) is 13.5 Å². The topological polar surface area (TPSA) is 120 Å². The second kappa shape index (κ2) is 10.7. The molecule has 0 amide bonds. The highest BCUT2D eigenvalue weighted by atomic mass is 79.9. The molecule has 11 heteroatoms. The van der Waals surface area contributed by atoms with Crippen molar-refractivity contribution in [3.8, 4) is 11.5 Å². The van der Waals surface area contributed by atoms with E-state index in [1.54, 1.807) is 12.1 Å².